The molecular weight excluding hydrogens is 308 g/mol. The van der Waals surface area contributed by atoms with E-state index in [1.165, 1.54) is 27.8 Å². The second-order valence-electron chi connectivity index (χ2n) is 6.48. The Morgan fingerprint density at radius 2 is 1.84 bits per heavy atom. The fourth-order valence-corrected chi connectivity index (χ4v) is 3.72. The van der Waals surface area contributed by atoms with Gasteiger partial charge in [-0.2, -0.15) is 0 Å². The molecule has 2 aliphatic rings. The van der Waals surface area contributed by atoms with Crippen LogP contribution in [0.15, 0.2) is 48.5 Å². The largest absolute Gasteiger partial charge is 0.384 e. The zero-order chi connectivity index (χ0) is 16.8. The molecule has 0 spiro atoms. The van der Waals surface area contributed by atoms with E-state index in [1.54, 1.807) is 0 Å². The van der Waals surface area contributed by atoms with E-state index in [1.807, 2.05) is 12.1 Å². The van der Waals surface area contributed by atoms with Crippen LogP contribution in [-0.2, 0) is 6.42 Å². The normalized spacial score (nSPS) is 13.6. The van der Waals surface area contributed by atoms with E-state index in [0.717, 1.165) is 29.7 Å². The summed E-state index contributed by atoms with van der Waals surface area (Å²) in [4.78, 5) is 0. The Hall–Kier alpha value is -3.27. The molecule has 0 amide bonds. The lowest BCUT2D eigenvalue weighted by Crippen LogP contribution is -2.20. The van der Waals surface area contributed by atoms with Crippen LogP contribution in [0.25, 0.3) is 22.9 Å². The molecule has 0 fully saturated rings. The third-order valence-electron chi connectivity index (χ3n) is 4.89. The van der Waals surface area contributed by atoms with Crippen molar-refractivity contribution in [1.82, 2.24) is 0 Å². The molecule has 4 N–H and O–H groups in total. The molecule has 3 aromatic rings. The van der Waals surface area contributed by atoms with Gasteiger partial charge >= 0.3 is 0 Å². The Balaban J connectivity index is 1.41. The Morgan fingerprint density at radius 1 is 0.960 bits per heavy atom. The van der Waals surface area contributed by atoms with Crippen LogP contribution >= 0.6 is 0 Å². The number of nitrogens with one attached hydrogen (secondary N) is 4. The highest BCUT2D eigenvalue weighted by atomic mass is 15.1. The van der Waals surface area contributed by atoms with Gasteiger partial charge in [0.15, 0.2) is 5.96 Å². The average molecular weight is 326 g/mol. The van der Waals surface area contributed by atoms with Crippen LogP contribution in [0, 0.1) is 5.41 Å². The van der Waals surface area contributed by atoms with Crippen molar-refractivity contribution in [2.45, 2.75) is 6.42 Å². The predicted octanol–water partition coefficient (Wildman–Crippen LogP) is 4.75. The molecule has 4 nitrogen and oxygen atoms in total. The van der Waals surface area contributed by atoms with Gasteiger partial charge in [0.1, 0.15) is 0 Å². The summed E-state index contributed by atoms with van der Waals surface area (Å²) in [6, 6.07) is 16.6. The number of fused-ring (bicyclic) bond motifs is 1. The third-order valence-corrected chi connectivity index (χ3v) is 4.89. The van der Waals surface area contributed by atoms with Gasteiger partial charge in [-0.1, -0.05) is 36.4 Å². The van der Waals surface area contributed by atoms with Crippen LogP contribution in [0.5, 0.6) is 0 Å². The quantitative estimate of drug-likeness (QED) is 0.317. The summed E-state index contributed by atoms with van der Waals surface area (Å²) in [6.07, 6.45) is 5.32. The molecule has 0 saturated carbocycles. The van der Waals surface area contributed by atoms with Gasteiger partial charge in [0, 0.05) is 29.0 Å². The molecule has 0 saturated heterocycles. The number of guanidine groups is 1. The van der Waals surface area contributed by atoms with Crippen molar-refractivity contribution in [3.8, 4) is 0 Å². The number of anilines is 3. The highest BCUT2D eigenvalue weighted by Crippen LogP contribution is 2.35. The molecule has 122 valence electrons. The van der Waals surface area contributed by atoms with Crippen molar-refractivity contribution in [2.24, 2.45) is 0 Å². The van der Waals surface area contributed by atoms with Crippen molar-refractivity contribution in [2.75, 3.05) is 22.5 Å². The molecule has 0 unspecified atom stereocenters. The standard InChI is InChI=1S/C21H18N4/c22-21(24-16-7-9-18-15(12-16)10-11-23-18)25-19-8-6-14-5-4-13-2-1-3-17(19)20(13)14/h1-9,12,23H,10-11H2,(H3,22,24,25). The van der Waals surface area contributed by atoms with Crippen molar-refractivity contribution < 1.29 is 0 Å². The minimum absolute atomic E-state index is 0.276. The molecular formula is C21H18N4. The number of hydrogen-bond acceptors (Lipinski definition) is 2. The Kier molecular flexibility index (Phi) is 3.04. The van der Waals surface area contributed by atoms with Crippen molar-refractivity contribution in [3.05, 3.63) is 65.2 Å². The Morgan fingerprint density at radius 3 is 2.76 bits per heavy atom. The first kappa shape index (κ1) is 14.1. The fourth-order valence-electron chi connectivity index (χ4n) is 3.72. The first-order valence-corrected chi connectivity index (χ1v) is 8.51. The highest BCUT2D eigenvalue weighted by molar-refractivity contribution is 6.13. The smallest absolute Gasteiger partial charge is 0.197 e. The van der Waals surface area contributed by atoms with E-state index in [2.05, 4.69) is 64.5 Å². The molecule has 1 aliphatic heterocycles. The second kappa shape index (κ2) is 5.38. The van der Waals surface area contributed by atoms with Gasteiger partial charge in [0.05, 0.1) is 0 Å². The Labute approximate surface area is 146 Å². The molecule has 0 radical (unpaired) electrons. The van der Waals surface area contributed by atoms with Crippen LogP contribution in [0.1, 0.15) is 16.7 Å². The predicted molar refractivity (Wildman–Crippen MR) is 106 cm³/mol. The van der Waals surface area contributed by atoms with Crippen molar-refractivity contribution >= 4 is 45.9 Å². The minimum Gasteiger partial charge on any atom is -0.384 e. The van der Waals surface area contributed by atoms with Gasteiger partial charge in [0.25, 0.3) is 0 Å². The summed E-state index contributed by atoms with van der Waals surface area (Å²) < 4.78 is 0. The van der Waals surface area contributed by atoms with Gasteiger partial charge in [0.2, 0.25) is 0 Å². The molecule has 0 aromatic heterocycles. The molecule has 1 aliphatic carbocycles. The first-order chi connectivity index (χ1) is 12.3. The van der Waals surface area contributed by atoms with E-state index >= 15 is 0 Å². The number of benzene rings is 3. The summed E-state index contributed by atoms with van der Waals surface area (Å²) in [5.41, 5.74) is 6.86. The molecule has 0 bridgehead atoms. The summed E-state index contributed by atoms with van der Waals surface area (Å²) in [6.45, 7) is 0.989. The summed E-state index contributed by atoms with van der Waals surface area (Å²) in [7, 11) is 0. The first-order valence-electron chi connectivity index (χ1n) is 8.51. The Bertz CT molecular complexity index is 1040. The fraction of sp³-hybridized carbons (Fsp3) is 0.0952. The maximum absolute atomic E-state index is 8.31. The number of hydrogen-bond donors (Lipinski definition) is 4. The lowest BCUT2D eigenvalue weighted by molar-refractivity contribution is 1.11. The maximum Gasteiger partial charge on any atom is 0.197 e. The molecule has 1 heterocycles. The van der Waals surface area contributed by atoms with Crippen molar-refractivity contribution in [1.29, 1.82) is 5.41 Å². The van der Waals surface area contributed by atoms with Crippen LogP contribution in [-0.4, -0.2) is 12.5 Å². The van der Waals surface area contributed by atoms with Gasteiger partial charge in [-0.05, 0) is 52.8 Å². The van der Waals surface area contributed by atoms with E-state index in [-0.39, 0.29) is 5.96 Å². The van der Waals surface area contributed by atoms with Crippen molar-refractivity contribution in [3.63, 3.8) is 0 Å². The minimum atomic E-state index is 0.276. The van der Waals surface area contributed by atoms with Gasteiger partial charge in [-0.15, -0.1) is 0 Å². The summed E-state index contributed by atoms with van der Waals surface area (Å²) in [5, 5.41) is 20.4. The van der Waals surface area contributed by atoms with Crippen LogP contribution < -0.4 is 16.0 Å². The zero-order valence-electron chi connectivity index (χ0n) is 13.7. The van der Waals surface area contributed by atoms with E-state index in [4.69, 9.17) is 5.41 Å². The van der Waals surface area contributed by atoms with Crippen LogP contribution in [0.3, 0.4) is 0 Å². The molecule has 5 rings (SSSR count). The molecule has 4 heteroatoms. The van der Waals surface area contributed by atoms with Gasteiger partial charge in [-0.25, -0.2) is 0 Å². The van der Waals surface area contributed by atoms with E-state index < -0.39 is 0 Å². The second-order valence-corrected chi connectivity index (χ2v) is 6.48. The number of rotatable bonds is 2. The maximum atomic E-state index is 8.31. The topological polar surface area (TPSA) is 59.9 Å². The van der Waals surface area contributed by atoms with Crippen LogP contribution in [0.4, 0.5) is 17.1 Å². The SMILES string of the molecule is N=C(Nc1ccc2c(c1)CCN2)Nc1ccc2c3c(cccc13)C=C2. The van der Waals surface area contributed by atoms with Gasteiger partial charge in [-0.3, -0.25) is 5.41 Å². The lowest BCUT2D eigenvalue weighted by atomic mass is 10.0. The van der Waals surface area contributed by atoms with E-state index in [0.29, 0.717) is 0 Å². The van der Waals surface area contributed by atoms with Gasteiger partial charge < -0.3 is 16.0 Å². The van der Waals surface area contributed by atoms with Crippen LogP contribution in [0.2, 0.25) is 0 Å². The molecule has 3 aromatic carbocycles. The highest BCUT2D eigenvalue weighted by Gasteiger charge is 2.13. The molecule has 25 heavy (non-hydrogen) atoms. The average Bonchev–Trinajstić information content (AvgIpc) is 3.25. The summed E-state index contributed by atoms with van der Waals surface area (Å²) in [5.74, 6) is 0.276. The monoisotopic (exact) mass is 326 g/mol. The lowest BCUT2D eigenvalue weighted by Gasteiger charge is -2.14. The van der Waals surface area contributed by atoms with E-state index in [9.17, 15) is 0 Å². The molecule has 0 atom stereocenters. The summed E-state index contributed by atoms with van der Waals surface area (Å²) >= 11 is 0. The zero-order valence-corrected chi connectivity index (χ0v) is 13.7. The third kappa shape index (κ3) is 2.34.